The maximum absolute atomic E-state index is 15.4. The van der Waals surface area contributed by atoms with Crippen molar-refractivity contribution < 1.29 is 18.8 Å². The second kappa shape index (κ2) is 14.6. The molecule has 2 aliphatic heterocycles. The lowest BCUT2D eigenvalue weighted by molar-refractivity contribution is -0.129. The van der Waals surface area contributed by atoms with Crippen LogP contribution in [0, 0.1) is 0 Å². The number of likely N-dealkylation sites (tertiary alicyclic amines) is 1. The molecule has 0 saturated carbocycles. The van der Waals surface area contributed by atoms with E-state index < -0.39 is 19.8 Å². The van der Waals surface area contributed by atoms with E-state index in [0.717, 1.165) is 39.3 Å². The fourth-order valence-electron chi connectivity index (χ4n) is 9.01. The molecule has 6 nitrogen and oxygen atoms in total. The Labute approximate surface area is 299 Å². The third kappa shape index (κ3) is 6.30. The van der Waals surface area contributed by atoms with Crippen LogP contribution in [0.4, 0.5) is 5.69 Å². The first kappa shape index (κ1) is 35.6. The van der Waals surface area contributed by atoms with E-state index in [1.54, 1.807) is 7.11 Å². The van der Waals surface area contributed by atoms with Crippen molar-refractivity contribution in [1.29, 1.82) is 0 Å². The first-order valence-corrected chi connectivity index (χ1v) is 20.3. The van der Waals surface area contributed by atoms with Gasteiger partial charge in [0.05, 0.1) is 19.8 Å². The van der Waals surface area contributed by atoms with Crippen molar-refractivity contribution in [3.63, 3.8) is 0 Å². The highest BCUT2D eigenvalue weighted by Crippen LogP contribution is 2.57. The summed E-state index contributed by atoms with van der Waals surface area (Å²) in [5.41, 5.74) is 6.32. The number of nitrogens with zero attached hydrogens (tertiary/aromatic N) is 2. The molecule has 2 heterocycles. The monoisotopic (exact) mass is 688 g/mol. The largest absolute Gasteiger partial charge is 0.497 e. The van der Waals surface area contributed by atoms with E-state index in [1.165, 1.54) is 0 Å². The van der Waals surface area contributed by atoms with Crippen molar-refractivity contribution in [3.05, 3.63) is 131 Å². The number of amides is 2. The van der Waals surface area contributed by atoms with E-state index in [9.17, 15) is 4.79 Å². The standard InChI is InChI=1S/C43H52N2O4Si/c1-30(2)50(31(3)4,32(5)6)49-29-35-20-23-38-39(26-35)44(25-24-33-18-21-37(48-7)22-19-33)42(47)43(36-16-12-9-13-17-36)27-40(46)45(41(38)43)28-34-14-10-8-11-15-34/h8-23,26,30-32,41H,24-25,27-29H2,1-7H3/t41-,43-/m1/s1. The van der Waals surface area contributed by atoms with Crippen LogP contribution in [0.1, 0.15) is 81.8 Å². The normalized spacial score (nSPS) is 19.0. The van der Waals surface area contributed by atoms with Crippen molar-refractivity contribution in [3.8, 4) is 5.75 Å². The minimum absolute atomic E-state index is 0.00648. The third-order valence-corrected chi connectivity index (χ3v) is 17.4. The number of benzene rings is 4. The van der Waals surface area contributed by atoms with Crippen molar-refractivity contribution in [2.75, 3.05) is 18.6 Å². The Morgan fingerprint density at radius 3 is 1.96 bits per heavy atom. The Bertz CT molecular complexity index is 1770. The van der Waals surface area contributed by atoms with Gasteiger partial charge in [-0.2, -0.15) is 0 Å². The number of carbonyl (C=O) groups excluding carboxylic acids is 2. The van der Waals surface area contributed by atoms with Gasteiger partial charge in [0.25, 0.3) is 0 Å². The molecule has 4 aromatic carbocycles. The van der Waals surface area contributed by atoms with E-state index in [1.807, 2.05) is 70.5 Å². The lowest BCUT2D eigenvalue weighted by Gasteiger charge is -2.46. The summed E-state index contributed by atoms with van der Waals surface area (Å²) < 4.78 is 12.4. The zero-order valence-electron chi connectivity index (χ0n) is 30.7. The number of hydrogen-bond donors (Lipinski definition) is 0. The molecule has 262 valence electrons. The van der Waals surface area contributed by atoms with Gasteiger partial charge in [0.15, 0.2) is 0 Å². The maximum atomic E-state index is 15.4. The molecule has 0 unspecified atom stereocenters. The van der Waals surface area contributed by atoms with Crippen LogP contribution in [0.5, 0.6) is 5.75 Å². The molecule has 1 fully saturated rings. The molecule has 2 atom stereocenters. The van der Waals surface area contributed by atoms with Crippen LogP contribution in [-0.2, 0) is 39.0 Å². The molecule has 6 rings (SSSR count). The van der Waals surface area contributed by atoms with Gasteiger partial charge in [-0.1, -0.05) is 126 Å². The lowest BCUT2D eigenvalue weighted by atomic mass is 9.68. The van der Waals surface area contributed by atoms with Gasteiger partial charge in [0, 0.05) is 25.2 Å². The van der Waals surface area contributed by atoms with Crippen molar-refractivity contribution >= 4 is 25.8 Å². The molecule has 1 saturated heterocycles. The minimum Gasteiger partial charge on any atom is -0.497 e. The molecule has 50 heavy (non-hydrogen) atoms. The number of anilines is 1. The smallest absolute Gasteiger partial charge is 0.240 e. The quantitative estimate of drug-likeness (QED) is 0.131. The van der Waals surface area contributed by atoms with Gasteiger partial charge in [-0.25, -0.2) is 0 Å². The maximum Gasteiger partial charge on any atom is 0.240 e. The van der Waals surface area contributed by atoms with Crippen molar-refractivity contribution in [2.24, 2.45) is 0 Å². The molecule has 0 N–H and O–H groups in total. The summed E-state index contributed by atoms with van der Waals surface area (Å²) >= 11 is 0. The molecule has 7 heteroatoms. The van der Waals surface area contributed by atoms with E-state index >= 15 is 4.79 Å². The van der Waals surface area contributed by atoms with E-state index in [2.05, 4.69) is 84.0 Å². The van der Waals surface area contributed by atoms with Crippen molar-refractivity contribution in [1.82, 2.24) is 4.90 Å². The van der Waals surface area contributed by atoms with Crippen LogP contribution >= 0.6 is 0 Å². The average Bonchev–Trinajstić information content (AvgIpc) is 3.41. The summed E-state index contributed by atoms with van der Waals surface area (Å²) in [5.74, 6) is 0.774. The van der Waals surface area contributed by atoms with Gasteiger partial charge >= 0.3 is 0 Å². The molecular weight excluding hydrogens is 637 g/mol. The molecule has 0 bridgehead atoms. The summed E-state index contributed by atoms with van der Waals surface area (Å²) in [6, 6.07) is 34.2. The van der Waals surface area contributed by atoms with Gasteiger partial charge in [0.1, 0.15) is 11.2 Å². The second-order valence-corrected chi connectivity index (χ2v) is 20.4. The predicted octanol–water partition coefficient (Wildman–Crippen LogP) is 9.39. The van der Waals surface area contributed by atoms with Crippen LogP contribution in [0.15, 0.2) is 103 Å². The molecule has 0 spiro atoms. The predicted molar refractivity (Wildman–Crippen MR) is 204 cm³/mol. The molecule has 0 aromatic heterocycles. The molecule has 2 amide bonds. The van der Waals surface area contributed by atoms with Crippen LogP contribution < -0.4 is 9.64 Å². The minimum atomic E-state index is -2.13. The van der Waals surface area contributed by atoms with Gasteiger partial charge in [0.2, 0.25) is 20.1 Å². The van der Waals surface area contributed by atoms with Crippen LogP contribution in [-0.4, -0.2) is 38.7 Å². The number of fused-ring (bicyclic) bond motifs is 3. The Morgan fingerprint density at radius 1 is 0.760 bits per heavy atom. The second-order valence-electron chi connectivity index (χ2n) is 15.0. The topological polar surface area (TPSA) is 59.1 Å². The van der Waals surface area contributed by atoms with E-state index in [4.69, 9.17) is 9.16 Å². The summed E-state index contributed by atoms with van der Waals surface area (Å²) in [5, 5.41) is 0. The first-order chi connectivity index (χ1) is 24.0. The Hall–Kier alpha value is -4.20. The lowest BCUT2D eigenvalue weighted by Crippen LogP contribution is -2.54. The Kier molecular flexibility index (Phi) is 10.4. The van der Waals surface area contributed by atoms with Crippen LogP contribution in [0.3, 0.4) is 0 Å². The zero-order chi connectivity index (χ0) is 35.6. The van der Waals surface area contributed by atoms with Gasteiger partial charge < -0.3 is 19.0 Å². The molecule has 0 radical (unpaired) electrons. The highest BCUT2D eigenvalue weighted by molar-refractivity contribution is 6.77. The molecule has 2 aliphatic rings. The molecule has 0 aliphatic carbocycles. The number of hydrogen-bond acceptors (Lipinski definition) is 4. The molecule has 4 aromatic rings. The number of ether oxygens (including phenoxy) is 1. The van der Waals surface area contributed by atoms with E-state index in [0.29, 0.717) is 42.7 Å². The number of carbonyl (C=O) groups is 2. The summed E-state index contributed by atoms with van der Waals surface area (Å²) in [6.07, 6.45) is 0.791. The highest BCUT2D eigenvalue weighted by Gasteiger charge is 2.62. The molecular formula is C43H52N2O4Si. The SMILES string of the molecule is COc1ccc(CCN2C(=O)[C@@]3(c4ccccc4)CC(=O)N(Cc4ccccc4)[C@@H]3c3ccc(CO[Si](C(C)C)(C(C)C)C(C)C)cc32)cc1. The fraction of sp³-hybridized carbons (Fsp3) is 0.395. The number of rotatable bonds is 13. The Balaban J connectivity index is 1.47. The fourth-order valence-corrected chi connectivity index (χ4v) is 14.4. The summed E-state index contributed by atoms with van der Waals surface area (Å²) in [6.45, 7) is 15.3. The zero-order valence-corrected chi connectivity index (χ0v) is 31.7. The van der Waals surface area contributed by atoms with Gasteiger partial charge in [-0.15, -0.1) is 0 Å². The van der Waals surface area contributed by atoms with Gasteiger partial charge in [-0.05, 0) is 69.1 Å². The Morgan fingerprint density at radius 2 is 1.36 bits per heavy atom. The van der Waals surface area contributed by atoms with E-state index in [-0.39, 0.29) is 18.2 Å². The summed E-state index contributed by atoms with van der Waals surface area (Å²) in [7, 11) is -0.462. The highest BCUT2D eigenvalue weighted by atomic mass is 28.4. The summed E-state index contributed by atoms with van der Waals surface area (Å²) in [4.78, 5) is 33.5. The third-order valence-electron chi connectivity index (χ3n) is 11.3. The van der Waals surface area contributed by atoms with Crippen LogP contribution in [0.25, 0.3) is 0 Å². The van der Waals surface area contributed by atoms with Crippen LogP contribution in [0.2, 0.25) is 16.6 Å². The van der Waals surface area contributed by atoms with Crippen molar-refractivity contribution in [2.45, 2.75) is 95.6 Å². The number of methoxy groups -OCH3 is 1. The van der Waals surface area contributed by atoms with Gasteiger partial charge in [-0.3, -0.25) is 9.59 Å². The average molecular weight is 689 g/mol. The first-order valence-electron chi connectivity index (χ1n) is 18.1.